The Bertz CT molecular complexity index is 947. The van der Waals surface area contributed by atoms with Crippen LogP contribution in [0, 0.1) is 6.92 Å². The number of benzene rings is 1. The number of hydrogen-bond donors (Lipinski definition) is 2. The second-order valence-electron chi connectivity index (χ2n) is 6.75. The summed E-state index contributed by atoms with van der Waals surface area (Å²) in [5.41, 5.74) is 2.15. The van der Waals surface area contributed by atoms with Crippen molar-refractivity contribution in [1.82, 2.24) is 20.0 Å². The molecule has 0 spiro atoms. The first-order chi connectivity index (χ1) is 13.7. The highest BCUT2D eigenvalue weighted by atomic mass is 32.2. The number of para-hydroxylation sites is 1. The fourth-order valence-corrected chi connectivity index (χ4v) is 4.87. The van der Waals surface area contributed by atoms with Crippen LogP contribution in [-0.4, -0.2) is 31.6 Å². The molecule has 146 valence electrons. The number of carbonyl (C=O) groups is 1. The molecule has 0 aliphatic heterocycles. The van der Waals surface area contributed by atoms with Gasteiger partial charge in [-0.3, -0.25) is 4.79 Å². The third-order valence-electron chi connectivity index (χ3n) is 4.73. The highest BCUT2D eigenvalue weighted by Gasteiger charge is 2.20. The highest BCUT2D eigenvalue weighted by Crippen LogP contribution is 2.32. The molecule has 0 bridgehead atoms. The van der Waals surface area contributed by atoms with E-state index in [0.717, 1.165) is 39.4 Å². The van der Waals surface area contributed by atoms with E-state index in [-0.39, 0.29) is 11.7 Å². The van der Waals surface area contributed by atoms with Crippen LogP contribution in [0.5, 0.6) is 0 Å². The number of nitrogens with zero attached hydrogens (tertiary/aromatic N) is 4. The van der Waals surface area contributed by atoms with E-state index in [1.807, 2.05) is 41.9 Å². The van der Waals surface area contributed by atoms with Gasteiger partial charge in [-0.2, -0.15) is 5.10 Å². The Morgan fingerprint density at radius 1 is 1.25 bits per heavy atom. The van der Waals surface area contributed by atoms with E-state index in [9.17, 15) is 4.79 Å². The zero-order valence-corrected chi connectivity index (χ0v) is 17.2. The lowest BCUT2D eigenvalue weighted by molar-refractivity contribution is -0.113. The maximum absolute atomic E-state index is 12.4. The molecule has 1 fully saturated rings. The van der Waals surface area contributed by atoms with Crippen molar-refractivity contribution >= 4 is 45.6 Å². The number of nitrogens with one attached hydrogen (secondary N) is 2. The minimum atomic E-state index is -0.0617. The summed E-state index contributed by atoms with van der Waals surface area (Å²) < 4.78 is 2.71. The molecule has 1 aliphatic rings. The summed E-state index contributed by atoms with van der Waals surface area (Å²) in [6, 6.07) is 10.3. The molecule has 3 aromatic rings. The van der Waals surface area contributed by atoms with Crippen LogP contribution in [0.15, 0.2) is 40.9 Å². The minimum Gasteiger partial charge on any atom is -0.330 e. The number of anilines is 3. The number of thioether (sulfide) groups is 1. The predicted molar refractivity (Wildman–Crippen MR) is 113 cm³/mol. The molecule has 1 aliphatic carbocycles. The maximum Gasteiger partial charge on any atom is 0.235 e. The predicted octanol–water partition coefficient (Wildman–Crippen LogP) is 4.63. The highest BCUT2D eigenvalue weighted by molar-refractivity contribution is 8.01. The SMILES string of the molecule is Cc1ccccc1Nc1nnc(SCC(=O)Nc2ccnn2C2CCCC2)s1. The Labute approximate surface area is 171 Å². The van der Waals surface area contributed by atoms with Crippen LogP contribution < -0.4 is 10.6 Å². The number of aryl methyl sites for hydroxylation is 1. The van der Waals surface area contributed by atoms with Crippen LogP contribution in [0.3, 0.4) is 0 Å². The lowest BCUT2D eigenvalue weighted by Crippen LogP contribution is -2.19. The maximum atomic E-state index is 12.4. The molecule has 28 heavy (non-hydrogen) atoms. The quantitative estimate of drug-likeness (QED) is 0.548. The molecule has 2 aromatic heterocycles. The first kappa shape index (κ1) is 18.9. The number of aromatic nitrogens is 4. The van der Waals surface area contributed by atoms with E-state index >= 15 is 0 Å². The molecule has 0 atom stereocenters. The second-order valence-corrected chi connectivity index (χ2v) is 8.95. The van der Waals surface area contributed by atoms with Crippen LogP contribution in [0.25, 0.3) is 0 Å². The van der Waals surface area contributed by atoms with E-state index in [0.29, 0.717) is 6.04 Å². The Kier molecular flexibility index (Phi) is 5.92. The molecule has 4 rings (SSSR count). The molecule has 9 heteroatoms. The Balaban J connectivity index is 1.30. The van der Waals surface area contributed by atoms with E-state index in [2.05, 4.69) is 25.9 Å². The fourth-order valence-electron chi connectivity index (χ4n) is 3.31. The third-order valence-corrected chi connectivity index (χ3v) is 6.70. The average Bonchev–Trinajstić information content (AvgIpc) is 3.43. The number of carbonyl (C=O) groups excluding carboxylic acids is 1. The monoisotopic (exact) mass is 414 g/mol. The van der Waals surface area contributed by atoms with Crippen LogP contribution in [0.4, 0.5) is 16.6 Å². The van der Waals surface area contributed by atoms with Gasteiger partial charge in [-0.15, -0.1) is 10.2 Å². The van der Waals surface area contributed by atoms with Gasteiger partial charge in [0, 0.05) is 11.8 Å². The molecule has 1 aromatic carbocycles. The lowest BCUT2D eigenvalue weighted by Gasteiger charge is -2.14. The standard InChI is InChI=1S/C19H22N6OS2/c1-13-6-2-5-9-15(13)21-18-23-24-19(28-18)27-12-17(26)22-16-10-11-20-25(16)14-7-3-4-8-14/h2,5-6,9-11,14H,3-4,7-8,12H2,1H3,(H,21,23)(H,22,26). The molecular weight excluding hydrogens is 392 g/mol. The summed E-state index contributed by atoms with van der Waals surface area (Å²) in [4.78, 5) is 12.4. The normalized spacial score (nSPS) is 14.3. The van der Waals surface area contributed by atoms with E-state index in [1.54, 1.807) is 6.20 Å². The Hall–Kier alpha value is -2.39. The summed E-state index contributed by atoms with van der Waals surface area (Å²) in [6.45, 7) is 2.04. The van der Waals surface area contributed by atoms with Gasteiger partial charge in [-0.25, -0.2) is 4.68 Å². The summed E-state index contributed by atoms with van der Waals surface area (Å²) in [5, 5.41) is 19.7. The Morgan fingerprint density at radius 2 is 2.07 bits per heavy atom. The molecule has 2 heterocycles. The zero-order chi connectivity index (χ0) is 19.3. The molecular formula is C19H22N6OS2. The summed E-state index contributed by atoms with van der Waals surface area (Å²) in [7, 11) is 0. The zero-order valence-electron chi connectivity index (χ0n) is 15.6. The molecule has 1 amide bonds. The van der Waals surface area contributed by atoms with Crippen molar-refractivity contribution in [2.24, 2.45) is 0 Å². The van der Waals surface area contributed by atoms with Crippen molar-refractivity contribution in [2.45, 2.75) is 43.0 Å². The van der Waals surface area contributed by atoms with Crippen LogP contribution >= 0.6 is 23.1 Å². The van der Waals surface area contributed by atoms with E-state index in [4.69, 9.17) is 0 Å². The fraction of sp³-hybridized carbons (Fsp3) is 0.368. The van der Waals surface area contributed by atoms with Crippen LogP contribution in [0.1, 0.15) is 37.3 Å². The van der Waals surface area contributed by atoms with Gasteiger partial charge >= 0.3 is 0 Å². The van der Waals surface area contributed by atoms with Crippen molar-refractivity contribution in [1.29, 1.82) is 0 Å². The van der Waals surface area contributed by atoms with Crippen molar-refractivity contribution < 1.29 is 4.79 Å². The smallest absolute Gasteiger partial charge is 0.235 e. The number of amides is 1. The summed E-state index contributed by atoms with van der Waals surface area (Å²) in [5.74, 6) is 1.000. The first-order valence-corrected chi connectivity index (χ1v) is 11.1. The molecule has 1 saturated carbocycles. The topological polar surface area (TPSA) is 84.7 Å². The molecule has 2 N–H and O–H groups in total. The van der Waals surface area contributed by atoms with Gasteiger partial charge in [0.1, 0.15) is 5.82 Å². The van der Waals surface area contributed by atoms with Crippen LogP contribution in [0.2, 0.25) is 0 Å². The van der Waals surface area contributed by atoms with Gasteiger partial charge < -0.3 is 10.6 Å². The van der Waals surface area contributed by atoms with Gasteiger partial charge in [0.05, 0.1) is 18.0 Å². The van der Waals surface area contributed by atoms with E-state index < -0.39 is 0 Å². The molecule has 0 saturated heterocycles. The number of rotatable bonds is 7. The van der Waals surface area contributed by atoms with Gasteiger partial charge in [-0.1, -0.05) is 54.1 Å². The lowest BCUT2D eigenvalue weighted by atomic mass is 10.2. The second kappa shape index (κ2) is 8.74. The summed E-state index contributed by atoms with van der Waals surface area (Å²) in [6.07, 6.45) is 6.45. The average molecular weight is 415 g/mol. The van der Waals surface area contributed by atoms with E-state index in [1.165, 1.54) is 35.9 Å². The van der Waals surface area contributed by atoms with Crippen LogP contribution in [-0.2, 0) is 4.79 Å². The first-order valence-electron chi connectivity index (χ1n) is 9.31. The van der Waals surface area contributed by atoms with Gasteiger partial charge in [0.2, 0.25) is 11.0 Å². The van der Waals surface area contributed by atoms with Gasteiger partial charge in [0.25, 0.3) is 0 Å². The largest absolute Gasteiger partial charge is 0.330 e. The third kappa shape index (κ3) is 4.53. The van der Waals surface area contributed by atoms with Crippen molar-refractivity contribution in [3.05, 3.63) is 42.1 Å². The number of hydrogen-bond acceptors (Lipinski definition) is 7. The molecule has 0 unspecified atom stereocenters. The molecule has 0 radical (unpaired) electrons. The summed E-state index contributed by atoms with van der Waals surface area (Å²) >= 11 is 2.83. The van der Waals surface area contributed by atoms with Gasteiger partial charge in [-0.05, 0) is 31.4 Å². The molecule has 7 nitrogen and oxygen atoms in total. The van der Waals surface area contributed by atoms with Gasteiger partial charge in [0.15, 0.2) is 4.34 Å². The Morgan fingerprint density at radius 3 is 2.89 bits per heavy atom. The minimum absolute atomic E-state index is 0.0617. The van der Waals surface area contributed by atoms with Crippen molar-refractivity contribution in [3.8, 4) is 0 Å². The van der Waals surface area contributed by atoms with Crippen molar-refractivity contribution in [3.63, 3.8) is 0 Å². The van der Waals surface area contributed by atoms with Crippen molar-refractivity contribution in [2.75, 3.05) is 16.4 Å².